The molecule has 1 aromatic carbocycles. The predicted octanol–water partition coefficient (Wildman–Crippen LogP) is 5.18. The standard InChI is InChI=1S/C18H30ClN/c1-5-15(4)10-17(13-20-12-14(2)3)11-16-6-8-18(19)9-7-16/h6-9,14-15,17,20H,5,10-13H2,1-4H3. The van der Waals surface area contributed by atoms with Crippen LogP contribution >= 0.6 is 11.6 Å². The Labute approximate surface area is 130 Å². The molecule has 0 fully saturated rings. The highest BCUT2D eigenvalue weighted by atomic mass is 35.5. The van der Waals surface area contributed by atoms with Crippen LogP contribution < -0.4 is 5.32 Å². The third kappa shape index (κ3) is 7.31. The molecule has 0 aliphatic heterocycles. The molecule has 1 aromatic rings. The van der Waals surface area contributed by atoms with Crippen LogP contribution in [-0.2, 0) is 6.42 Å². The lowest BCUT2D eigenvalue weighted by molar-refractivity contribution is 0.356. The molecule has 1 nitrogen and oxygen atoms in total. The van der Waals surface area contributed by atoms with Gasteiger partial charge in [-0.1, -0.05) is 57.8 Å². The lowest BCUT2D eigenvalue weighted by atomic mass is 9.89. The average Bonchev–Trinajstić information content (AvgIpc) is 2.40. The van der Waals surface area contributed by atoms with Gasteiger partial charge in [0, 0.05) is 5.02 Å². The maximum Gasteiger partial charge on any atom is 0.0406 e. The fourth-order valence-electron chi connectivity index (χ4n) is 2.50. The SMILES string of the molecule is CCC(C)CC(CNCC(C)C)Cc1ccc(Cl)cc1. The normalized spacial score (nSPS) is 14.5. The third-order valence-electron chi connectivity index (χ3n) is 3.86. The quantitative estimate of drug-likeness (QED) is 0.662. The van der Waals surface area contributed by atoms with Crippen LogP contribution in [0, 0.1) is 17.8 Å². The van der Waals surface area contributed by atoms with E-state index in [1.165, 1.54) is 18.4 Å². The number of benzene rings is 1. The maximum atomic E-state index is 5.96. The summed E-state index contributed by atoms with van der Waals surface area (Å²) < 4.78 is 0. The van der Waals surface area contributed by atoms with Crippen LogP contribution in [0.5, 0.6) is 0 Å². The zero-order chi connectivity index (χ0) is 15.0. The second kappa shape index (κ2) is 9.41. The van der Waals surface area contributed by atoms with Crippen LogP contribution in [-0.4, -0.2) is 13.1 Å². The lowest BCUT2D eigenvalue weighted by Gasteiger charge is -2.21. The van der Waals surface area contributed by atoms with Crippen LogP contribution in [0.3, 0.4) is 0 Å². The molecule has 0 heterocycles. The highest BCUT2D eigenvalue weighted by Crippen LogP contribution is 2.20. The molecule has 114 valence electrons. The minimum absolute atomic E-state index is 0.713. The molecule has 2 atom stereocenters. The Morgan fingerprint density at radius 2 is 1.70 bits per heavy atom. The molecule has 1 rings (SSSR count). The fraction of sp³-hybridized carbons (Fsp3) is 0.667. The first kappa shape index (κ1) is 17.5. The first-order valence-electron chi connectivity index (χ1n) is 7.96. The van der Waals surface area contributed by atoms with E-state index >= 15 is 0 Å². The number of hydrogen-bond donors (Lipinski definition) is 1. The highest BCUT2D eigenvalue weighted by Gasteiger charge is 2.13. The molecule has 20 heavy (non-hydrogen) atoms. The van der Waals surface area contributed by atoms with Gasteiger partial charge in [0.1, 0.15) is 0 Å². The second-order valence-electron chi connectivity index (χ2n) is 6.50. The molecule has 0 saturated carbocycles. The van der Waals surface area contributed by atoms with Gasteiger partial charge in [-0.25, -0.2) is 0 Å². The minimum atomic E-state index is 0.713. The van der Waals surface area contributed by atoms with Gasteiger partial charge < -0.3 is 5.32 Å². The summed E-state index contributed by atoms with van der Waals surface area (Å²) in [5, 5.41) is 4.44. The number of nitrogens with one attached hydrogen (secondary N) is 1. The number of hydrogen-bond acceptors (Lipinski definition) is 1. The molecule has 0 aliphatic carbocycles. The Morgan fingerprint density at radius 1 is 1.05 bits per heavy atom. The van der Waals surface area contributed by atoms with Crippen LogP contribution in [0.4, 0.5) is 0 Å². The van der Waals surface area contributed by atoms with E-state index in [1.807, 2.05) is 12.1 Å². The molecular formula is C18H30ClN. The summed E-state index contributed by atoms with van der Waals surface area (Å²) in [6.45, 7) is 11.4. The van der Waals surface area contributed by atoms with E-state index in [1.54, 1.807) is 0 Å². The van der Waals surface area contributed by atoms with Gasteiger partial charge in [-0.15, -0.1) is 0 Å². The molecular weight excluding hydrogens is 266 g/mol. The first-order valence-corrected chi connectivity index (χ1v) is 8.34. The summed E-state index contributed by atoms with van der Waals surface area (Å²) in [7, 11) is 0. The molecule has 0 saturated heterocycles. The van der Waals surface area contributed by atoms with Crippen molar-refractivity contribution in [1.82, 2.24) is 5.32 Å². The summed E-state index contributed by atoms with van der Waals surface area (Å²) in [5.74, 6) is 2.23. The second-order valence-corrected chi connectivity index (χ2v) is 6.93. The van der Waals surface area contributed by atoms with Gasteiger partial charge >= 0.3 is 0 Å². The molecule has 2 unspecified atom stereocenters. The van der Waals surface area contributed by atoms with Crippen molar-refractivity contribution in [1.29, 1.82) is 0 Å². The average molecular weight is 296 g/mol. The monoisotopic (exact) mass is 295 g/mol. The van der Waals surface area contributed by atoms with Crippen molar-refractivity contribution in [2.24, 2.45) is 17.8 Å². The van der Waals surface area contributed by atoms with E-state index in [0.717, 1.165) is 36.4 Å². The van der Waals surface area contributed by atoms with Crippen molar-refractivity contribution < 1.29 is 0 Å². The van der Waals surface area contributed by atoms with Crippen LogP contribution in [0.1, 0.15) is 46.1 Å². The zero-order valence-corrected chi connectivity index (χ0v) is 14.2. The smallest absolute Gasteiger partial charge is 0.0406 e. The van der Waals surface area contributed by atoms with Crippen molar-refractivity contribution in [3.8, 4) is 0 Å². The van der Waals surface area contributed by atoms with Gasteiger partial charge in [0.15, 0.2) is 0 Å². The fourth-order valence-corrected chi connectivity index (χ4v) is 2.63. The van der Waals surface area contributed by atoms with Crippen LogP contribution in [0.25, 0.3) is 0 Å². The van der Waals surface area contributed by atoms with E-state index in [0.29, 0.717) is 5.92 Å². The number of halogens is 1. The van der Waals surface area contributed by atoms with Crippen LogP contribution in [0.2, 0.25) is 5.02 Å². The van der Waals surface area contributed by atoms with Crippen molar-refractivity contribution >= 4 is 11.6 Å². The Morgan fingerprint density at radius 3 is 2.25 bits per heavy atom. The molecule has 0 amide bonds. The van der Waals surface area contributed by atoms with Gasteiger partial charge in [-0.3, -0.25) is 0 Å². The predicted molar refractivity (Wildman–Crippen MR) is 90.4 cm³/mol. The highest BCUT2D eigenvalue weighted by molar-refractivity contribution is 6.30. The lowest BCUT2D eigenvalue weighted by Crippen LogP contribution is -2.28. The van der Waals surface area contributed by atoms with Crippen LogP contribution in [0.15, 0.2) is 24.3 Å². The molecule has 0 aliphatic rings. The Kier molecular flexibility index (Phi) is 8.25. The van der Waals surface area contributed by atoms with E-state index in [9.17, 15) is 0 Å². The summed E-state index contributed by atoms with van der Waals surface area (Å²) in [6, 6.07) is 8.32. The van der Waals surface area contributed by atoms with Gasteiger partial charge in [-0.2, -0.15) is 0 Å². The molecule has 0 aromatic heterocycles. The van der Waals surface area contributed by atoms with Gasteiger partial charge in [0.2, 0.25) is 0 Å². The Balaban J connectivity index is 2.54. The van der Waals surface area contributed by atoms with E-state index in [-0.39, 0.29) is 0 Å². The summed E-state index contributed by atoms with van der Waals surface area (Å²) in [5.41, 5.74) is 1.40. The van der Waals surface area contributed by atoms with E-state index in [4.69, 9.17) is 11.6 Å². The van der Waals surface area contributed by atoms with Crippen molar-refractivity contribution in [2.45, 2.75) is 47.0 Å². The van der Waals surface area contributed by atoms with E-state index in [2.05, 4.69) is 45.1 Å². The molecule has 1 N–H and O–H groups in total. The maximum absolute atomic E-state index is 5.96. The van der Waals surface area contributed by atoms with Crippen molar-refractivity contribution in [3.05, 3.63) is 34.9 Å². The minimum Gasteiger partial charge on any atom is -0.316 e. The topological polar surface area (TPSA) is 12.0 Å². The Bertz CT molecular complexity index is 358. The summed E-state index contributed by atoms with van der Waals surface area (Å²) in [6.07, 6.45) is 3.71. The van der Waals surface area contributed by atoms with Crippen molar-refractivity contribution in [3.63, 3.8) is 0 Å². The first-order chi connectivity index (χ1) is 9.51. The molecule has 0 radical (unpaired) electrons. The molecule has 0 bridgehead atoms. The Hall–Kier alpha value is -0.530. The molecule has 0 spiro atoms. The number of rotatable bonds is 9. The largest absolute Gasteiger partial charge is 0.316 e. The third-order valence-corrected chi connectivity index (χ3v) is 4.11. The van der Waals surface area contributed by atoms with Gasteiger partial charge in [0.25, 0.3) is 0 Å². The zero-order valence-electron chi connectivity index (χ0n) is 13.5. The van der Waals surface area contributed by atoms with E-state index < -0.39 is 0 Å². The summed E-state index contributed by atoms with van der Waals surface area (Å²) in [4.78, 5) is 0. The van der Waals surface area contributed by atoms with Gasteiger partial charge in [-0.05, 0) is 61.4 Å². The van der Waals surface area contributed by atoms with Gasteiger partial charge in [0.05, 0.1) is 0 Å². The molecule has 2 heteroatoms. The van der Waals surface area contributed by atoms with Crippen molar-refractivity contribution in [2.75, 3.05) is 13.1 Å². The summed E-state index contributed by atoms with van der Waals surface area (Å²) >= 11 is 5.96.